The summed E-state index contributed by atoms with van der Waals surface area (Å²) < 4.78 is 16.6. The van der Waals surface area contributed by atoms with E-state index in [1.54, 1.807) is 0 Å². The first-order valence-electron chi connectivity index (χ1n) is 8.26. The van der Waals surface area contributed by atoms with Crippen molar-refractivity contribution in [2.24, 2.45) is 0 Å². The molecular weight excluding hydrogens is 330 g/mol. The number of pyridine rings is 1. The van der Waals surface area contributed by atoms with Crippen LogP contribution in [0.3, 0.4) is 0 Å². The van der Waals surface area contributed by atoms with Gasteiger partial charge < -0.3 is 19.2 Å². The van der Waals surface area contributed by atoms with Crippen LogP contribution in [0.25, 0.3) is 22.4 Å². The highest BCUT2D eigenvalue weighted by Crippen LogP contribution is 2.36. The molecule has 0 aliphatic carbocycles. The van der Waals surface area contributed by atoms with Crippen molar-refractivity contribution in [2.45, 2.75) is 6.92 Å². The van der Waals surface area contributed by atoms with Gasteiger partial charge in [0.2, 0.25) is 12.5 Å². The second kappa shape index (κ2) is 5.77. The standard InChI is InChI=1S/C20H15N3O3/c1-12-9-15(13-5-3-2-4-6-13)18-19(21-12)26-20(23-18)22-14-7-8-16-17(10-14)25-11-24-16/h2-10H,11H2,1H3,(H,22,23). The second-order valence-electron chi connectivity index (χ2n) is 6.04. The largest absolute Gasteiger partial charge is 0.454 e. The summed E-state index contributed by atoms with van der Waals surface area (Å²) in [5.41, 5.74) is 4.99. The number of nitrogens with one attached hydrogen (secondary N) is 1. The lowest BCUT2D eigenvalue weighted by atomic mass is 10.1. The van der Waals surface area contributed by atoms with E-state index in [1.807, 2.05) is 61.5 Å². The third-order valence-corrected chi connectivity index (χ3v) is 4.20. The third-order valence-electron chi connectivity index (χ3n) is 4.20. The Balaban J connectivity index is 1.56. The van der Waals surface area contributed by atoms with Gasteiger partial charge in [-0.1, -0.05) is 30.3 Å². The molecule has 0 radical (unpaired) electrons. The van der Waals surface area contributed by atoms with Crippen LogP contribution in [-0.4, -0.2) is 16.8 Å². The molecule has 3 heterocycles. The number of hydrogen-bond acceptors (Lipinski definition) is 6. The lowest BCUT2D eigenvalue weighted by molar-refractivity contribution is 0.174. The summed E-state index contributed by atoms with van der Waals surface area (Å²) in [7, 11) is 0. The zero-order valence-corrected chi connectivity index (χ0v) is 14.0. The van der Waals surface area contributed by atoms with Gasteiger partial charge in [0.1, 0.15) is 5.52 Å². The highest BCUT2D eigenvalue weighted by atomic mass is 16.7. The Kier molecular flexibility index (Phi) is 3.28. The molecule has 2 aromatic heterocycles. The summed E-state index contributed by atoms with van der Waals surface area (Å²) >= 11 is 0. The summed E-state index contributed by atoms with van der Waals surface area (Å²) in [5, 5.41) is 3.17. The number of oxazole rings is 1. The average molecular weight is 345 g/mol. The van der Waals surface area contributed by atoms with Crippen LogP contribution in [0.2, 0.25) is 0 Å². The Morgan fingerprint density at radius 1 is 0.923 bits per heavy atom. The summed E-state index contributed by atoms with van der Waals surface area (Å²) in [6.07, 6.45) is 0. The normalized spacial score (nSPS) is 12.5. The molecule has 0 amide bonds. The Labute approximate surface area is 149 Å². The van der Waals surface area contributed by atoms with Crippen LogP contribution in [0, 0.1) is 6.92 Å². The van der Waals surface area contributed by atoms with E-state index in [-0.39, 0.29) is 6.79 Å². The van der Waals surface area contributed by atoms with Crippen molar-refractivity contribution >= 4 is 22.9 Å². The van der Waals surface area contributed by atoms with Crippen LogP contribution >= 0.6 is 0 Å². The van der Waals surface area contributed by atoms with Crippen molar-refractivity contribution in [1.82, 2.24) is 9.97 Å². The molecule has 1 aliphatic rings. The van der Waals surface area contributed by atoms with E-state index in [2.05, 4.69) is 15.3 Å². The van der Waals surface area contributed by atoms with E-state index in [4.69, 9.17) is 13.9 Å². The van der Waals surface area contributed by atoms with Crippen LogP contribution in [0.1, 0.15) is 5.69 Å². The van der Waals surface area contributed by atoms with Gasteiger partial charge in [-0.15, -0.1) is 0 Å². The summed E-state index contributed by atoms with van der Waals surface area (Å²) in [4.78, 5) is 9.07. The number of nitrogens with zero attached hydrogens (tertiary/aromatic N) is 2. The van der Waals surface area contributed by atoms with Crippen LogP contribution < -0.4 is 14.8 Å². The maximum absolute atomic E-state index is 5.83. The van der Waals surface area contributed by atoms with Crippen molar-refractivity contribution in [3.05, 3.63) is 60.3 Å². The minimum absolute atomic E-state index is 0.241. The quantitative estimate of drug-likeness (QED) is 0.582. The summed E-state index contributed by atoms with van der Waals surface area (Å²) in [6.45, 7) is 2.19. The topological polar surface area (TPSA) is 69.4 Å². The average Bonchev–Trinajstić information content (AvgIpc) is 3.27. The number of anilines is 2. The molecule has 0 saturated carbocycles. The molecule has 1 N–H and O–H groups in total. The zero-order valence-electron chi connectivity index (χ0n) is 14.0. The maximum atomic E-state index is 5.83. The smallest absolute Gasteiger partial charge is 0.301 e. The van der Waals surface area contributed by atoms with Gasteiger partial charge in [-0.3, -0.25) is 0 Å². The lowest BCUT2D eigenvalue weighted by Gasteiger charge is -2.02. The minimum atomic E-state index is 0.241. The van der Waals surface area contributed by atoms with E-state index in [0.717, 1.165) is 33.8 Å². The highest BCUT2D eigenvalue weighted by Gasteiger charge is 2.16. The lowest BCUT2D eigenvalue weighted by Crippen LogP contribution is -1.93. The van der Waals surface area contributed by atoms with Crippen molar-refractivity contribution in [1.29, 1.82) is 0 Å². The Hall–Kier alpha value is -3.54. The number of rotatable bonds is 3. The van der Waals surface area contributed by atoms with Crippen LogP contribution in [0.5, 0.6) is 11.5 Å². The summed E-state index contributed by atoms with van der Waals surface area (Å²) in [5.74, 6) is 1.43. The van der Waals surface area contributed by atoms with Gasteiger partial charge in [-0.25, -0.2) is 4.98 Å². The molecule has 2 aromatic carbocycles. The molecule has 5 rings (SSSR count). The van der Waals surface area contributed by atoms with E-state index in [0.29, 0.717) is 17.5 Å². The predicted molar refractivity (Wildman–Crippen MR) is 97.8 cm³/mol. The molecule has 0 unspecified atom stereocenters. The predicted octanol–water partition coefficient (Wildman–Crippen LogP) is 4.67. The van der Waals surface area contributed by atoms with Gasteiger partial charge in [0.15, 0.2) is 11.5 Å². The molecule has 0 spiro atoms. The number of fused-ring (bicyclic) bond motifs is 2. The van der Waals surface area contributed by atoms with Crippen molar-refractivity contribution in [2.75, 3.05) is 12.1 Å². The molecule has 0 atom stereocenters. The van der Waals surface area contributed by atoms with E-state index in [1.165, 1.54) is 0 Å². The number of aromatic nitrogens is 2. The Morgan fingerprint density at radius 2 is 1.77 bits per heavy atom. The number of hydrogen-bond donors (Lipinski definition) is 1. The van der Waals surface area contributed by atoms with E-state index >= 15 is 0 Å². The molecule has 0 bridgehead atoms. The molecule has 1 aliphatic heterocycles. The SMILES string of the molecule is Cc1cc(-c2ccccc2)c2nc(Nc3ccc4c(c3)OCO4)oc2n1. The molecule has 128 valence electrons. The van der Waals surface area contributed by atoms with Crippen molar-refractivity contribution < 1.29 is 13.9 Å². The van der Waals surface area contributed by atoms with Crippen LogP contribution in [-0.2, 0) is 0 Å². The van der Waals surface area contributed by atoms with Gasteiger partial charge in [0, 0.05) is 23.0 Å². The highest BCUT2D eigenvalue weighted by molar-refractivity contribution is 5.90. The molecule has 0 fully saturated rings. The van der Waals surface area contributed by atoms with Gasteiger partial charge in [0.25, 0.3) is 0 Å². The van der Waals surface area contributed by atoms with Crippen LogP contribution in [0.4, 0.5) is 11.7 Å². The van der Waals surface area contributed by atoms with E-state index in [9.17, 15) is 0 Å². The Bertz CT molecular complexity index is 1110. The fraction of sp³-hybridized carbons (Fsp3) is 0.100. The number of ether oxygens (including phenoxy) is 2. The zero-order chi connectivity index (χ0) is 17.5. The minimum Gasteiger partial charge on any atom is -0.454 e. The molecule has 26 heavy (non-hydrogen) atoms. The molecule has 4 aromatic rings. The number of aryl methyl sites for hydroxylation is 1. The third kappa shape index (κ3) is 2.52. The fourth-order valence-electron chi connectivity index (χ4n) is 3.02. The molecule has 6 heteroatoms. The van der Waals surface area contributed by atoms with Crippen molar-refractivity contribution in [3.8, 4) is 22.6 Å². The second-order valence-corrected chi connectivity index (χ2v) is 6.04. The maximum Gasteiger partial charge on any atom is 0.301 e. The van der Waals surface area contributed by atoms with Gasteiger partial charge in [0.05, 0.1) is 0 Å². The fourth-order valence-corrected chi connectivity index (χ4v) is 3.02. The molecule has 6 nitrogen and oxygen atoms in total. The summed E-state index contributed by atoms with van der Waals surface area (Å²) in [6, 6.07) is 18.1. The Morgan fingerprint density at radius 3 is 2.65 bits per heavy atom. The van der Waals surface area contributed by atoms with Gasteiger partial charge >= 0.3 is 6.01 Å². The molecular formula is C20H15N3O3. The van der Waals surface area contributed by atoms with Gasteiger partial charge in [-0.2, -0.15) is 4.98 Å². The van der Waals surface area contributed by atoms with Crippen molar-refractivity contribution in [3.63, 3.8) is 0 Å². The molecule has 0 saturated heterocycles. The first-order valence-corrected chi connectivity index (χ1v) is 8.26. The van der Waals surface area contributed by atoms with E-state index < -0.39 is 0 Å². The van der Waals surface area contributed by atoms with Gasteiger partial charge in [-0.05, 0) is 30.7 Å². The first kappa shape index (κ1) is 14.8. The first-order chi connectivity index (χ1) is 12.8. The monoisotopic (exact) mass is 345 g/mol. The van der Waals surface area contributed by atoms with Crippen LogP contribution in [0.15, 0.2) is 59.0 Å². The number of benzene rings is 2.